The van der Waals surface area contributed by atoms with Crippen molar-refractivity contribution in [3.8, 4) is 0 Å². The summed E-state index contributed by atoms with van der Waals surface area (Å²) >= 11 is 3.41. The van der Waals surface area contributed by atoms with Crippen LogP contribution in [0.1, 0.15) is 5.76 Å². The molecular formula is C10H7BrO2. The molecule has 0 aliphatic rings. The summed E-state index contributed by atoms with van der Waals surface area (Å²) in [6.07, 6.45) is 1.17. The van der Waals surface area contributed by atoms with Crippen LogP contribution in [0.5, 0.6) is 0 Å². The van der Waals surface area contributed by atoms with Crippen LogP contribution in [0.3, 0.4) is 0 Å². The van der Waals surface area contributed by atoms with Crippen LogP contribution in [0.2, 0.25) is 0 Å². The summed E-state index contributed by atoms with van der Waals surface area (Å²) in [5, 5.41) is 1.01. The topological polar surface area (TPSA) is 30.2 Å². The maximum atomic E-state index is 10.3. The molecule has 0 aliphatic heterocycles. The molecule has 66 valence electrons. The summed E-state index contributed by atoms with van der Waals surface area (Å²) in [7, 11) is 0. The van der Waals surface area contributed by atoms with Gasteiger partial charge in [-0.2, -0.15) is 0 Å². The van der Waals surface area contributed by atoms with Crippen LogP contribution in [-0.4, -0.2) is 6.29 Å². The van der Waals surface area contributed by atoms with E-state index >= 15 is 0 Å². The number of halogens is 1. The minimum Gasteiger partial charge on any atom is -0.461 e. The molecule has 0 bridgehead atoms. The predicted molar refractivity (Wildman–Crippen MR) is 53.7 cm³/mol. The number of carbonyl (C=O) groups is 1. The van der Waals surface area contributed by atoms with Gasteiger partial charge in [0.2, 0.25) is 0 Å². The Morgan fingerprint density at radius 1 is 1.46 bits per heavy atom. The molecule has 0 unspecified atom stereocenters. The maximum Gasteiger partial charge on any atom is 0.135 e. The number of benzene rings is 1. The fraction of sp³-hybridized carbons (Fsp3) is 0.100. The Morgan fingerprint density at radius 3 is 3.00 bits per heavy atom. The molecule has 0 radical (unpaired) electrons. The molecule has 0 amide bonds. The molecule has 3 heteroatoms. The largest absolute Gasteiger partial charge is 0.461 e. The van der Waals surface area contributed by atoms with Gasteiger partial charge in [0.15, 0.2) is 0 Å². The second kappa shape index (κ2) is 3.34. The van der Waals surface area contributed by atoms with E-state index in [0.717, 1.165) is 21.7 Å². The number of rotatable bonds is 2. The lowest BCUT2D eigenvalue weighted by Gasteiger charge is -1.88. The van der Waals surface area contributed by atoms with Gasteiger partial charge in [0, 0.05) is 9.86 Å². The third-order valence-electron chi connectivity index (χ3n) is 1.84. The van der Waals surface area contributed by atoms with Crippen molar-refractivity contribution in [3.05, 3.63) is 34.5 Å². The molecule has 0 atom stereocenters. The zero-order chi connectivity index (χ0) is 9.26. The Morgan fingerprint density at radius 2 is 2.31 bits per heavy atom. The highest BCUT2D eigenvalue weighted by Crippen LogP contribution is 2.26. The summed E-state index contributed by atoms with van der Waals surface area (Å²) in [4.78, 5) is 10.3. The molecule has 0 saturated carbocycles. The van der Waals surface area contributed by atoms with Gasteiger partial charge in [-0.25, -0.2) is 0 Å². The second-order valence-electron chi connectivity index (χ2n) is 2.74. The molecule has 0 saturated heterocycles. The summed E-state index contributed by atoms with van der Waals surface area (Å²) in [5.41, 5.74) is 0.811. The first kappa shape index (κ1) is 8.51. The quantitative estimate of drug-likeness (QED) is 0.754. The minimum absolute atomic E-state index is 0.334. The number of aldehydes is 1. The molecule has 2 aromatic rings. The van der Waals surface area contributed by atoms with Gasteiger partial charge in [-0.1, -0.05) is 22.0 Å². The maximum absolute atomic E-state index is 10.3. The standard InChI is InChI=1S/C10H7BrO2/c11-9-2-1-3-10-8(9)6-7(13-10)4-5-12/h1-3,5-6H,4H2. The van der Waals surface area contributed by atoms with E-state index in [1.54, 1.807) is 0 Å². The zero-order valence-corrected chi connectivity index (χ0v) is 8.37. The molecule has 0 N–H and O–H groups in total. The van der Waals surface area contributed by atoms with Crippen molar-refractivity contribution in [1.29, 1.82) is 0 Å². The molecule has 1 aromatic heterocycles. The minimum atomic E-state index is 0.334. The zero-order valence-electron chi connectivity index (χ0n) is 6.79. The van der Waals surface area contributed by atoms with E-state index in [4.69, 9.17) is 4.42 Å². The summed E-state index contributed by atoms with van der Waals surface area (Å²) in [5.74, 6) is 0.705. The Labute approximate surface area is 83.7 Å². The van der Waals surface area contributed by atoms with Crippen molar-refractivity contribution in [2.45, 2.75) is 6.42 Å². The predicted octanol–water partition coefficient (Wildman–Crippen LogP) is 2.94. The first-order chi connectivity index (χ1) is 6.31. The molecule has 1 heterocycles. The Balaban J connectivity index is 2.61. The Bertz CT molecular complexity index is 445. The van der Waals surface area contributed by atoms with Crippen LogP contribution in [0.25, 0.3) is 11.0 Å². The smallest absolute Gasteiger partial charge is 0.135 e. The summed E-state index contributed by atoms with van der Waals surface area (Å²) in [6.45, 7) is 0. The van der Waals surface area contributed by atoms with E-state index in [1.165, 1.54) is 0 Å². The first-order valence-electron chi connectivity index (χ1n) is 3.92. The molecule has 0 spiro atoms. The molecule has 2 rings (SSSR count). The van der Waals surface area contributed by atoms with Gasteiger partial charge in [-0.3, -0.25) is 0 Å². The third kappa shape index (κ3) is 1.52. The second-order valence-corrected chi connectivity index (χ2v) is 3.59. The molecule has 0 aliphatic carbocycles. The van der Waals surface area contributed by atoms with Gasteiger partial charge in [0.25, 0.3) is 0 Å². The highest BCUT2D eigenvalue weighted by atomic mass is 79.9. The van der Waals surface area contributed by atoms with Crippen molar-refractivity contribution in [2.24, 2.45) is 0 Å². The van der Waals surface area contributed by atoms with Gasteiger partial charge < -0.3 is 9.21 Å². The molecule has 13 heavy (non-hydrogen) atoms. The lowest BCUT2D eigenvalue weighted by atomic mass is 10.2. The fourth-order valence-corrected chi connectivity index (χ4v) is 1.72. The van der Waals surface area contributed by atoms with Crippen LogP contribution >= 0.6 is 15.9 Å². The highest BCUT2D eigenvalue weighted by Gasteiger charge is 2.04. The van der Waals surface area contributed by atoms with E-state index in [9.17, 15) is 4.79 Å². The number of hydrogen-bond acceptors (Lipinski definition) is 2. The van der Waals surface area contributed by atoms with Gasteiger partial charge in [0.05, 0.1) is 6.42 Å². The van der Waals surface area contributed by atoms with Crippen LogP contribution in [0, 0.1) is 0 Å². The highest BCUT2D eigenvalue weighted by molar-refractivity contribution is 9.10. The average molecular weight is 239 g/mol. The SMILES string of the molecule is O=CCc1cc2c(Br)cccc2o1. The van der Waals surface area contributed by atoms with Crippen molar-refractivity contribution < 1.29 is 9.21 Å². The first-order valence-corrected chi connectivity index (χ1v) is 4.71. The van der Waals surface area contributed by atoms with Crippen molar-refractivity contribution in [2.75, 3.05) is 0 Å². The van der Waals surface area contributed by atoms with E-state index in [-0.39, 0.29) is 0 Å². The summed E-state index contributed by atoms with van der Waals surface area (Å²) < 4.78 is 6.42. The van der Waals surface area contributed by atoms with Crippen molar-refractivity contribution >= 4 is 33.2 Å². The molecule has 2 nitrogen and oxygen atoms in total. The van der Waals surface area contributed by atoms with E-state index in [0.29, 0.717) is 12.2 Å². The monoisotopic (exact) mass is 238 g/mol. The molecular weight excluding hydrogens is 232 g/mol. The van der Waals surface area contributed by atoms with E-state index in [2.05, 4.69) is 15.9 Å². The van der Waals surface area contributed by atoms with E-state index in [1.807, 2.05) is 24.3 Å². The fourth-order valence-electron chi connectivity index (χ4n) is 1.26. The van der Waals surface area contributed by atoms with Gasteiger partial charge in [0.1, 0.15) is 17.6 Å². The van der Waals surface area contributed by atoms with Crippen molar-refractivity contribution in [1.82, 2.24) is 0 Å². The number of furan rings is 1. The van der Waals surface area contributed by atoms with Crippen molar-refractivity contribution in [3.63, 3.8) is 0 Å². The Hall–Kier alpha value is -1.09. The average Bonchev–Trinajstić information content (AvgIpc) is 2.49. The lowest BCUT2D eigenvalue weighted by molar-refractivity contribution is -0.107. The van der Waals surface area contributed by atoms with E-state index < -0.39 is 0 Å². The number of fused-ring (bicyclic) bond motifs is 1. The van der Waals surface area contributed by atoms with Crippen LogP contribution in [0.4, 0.5) is 0 Å². The molecule has 1 aromatic carbocycles. The van der Waals surface area contributed by atoms with Crippen LogP contribution in [0.15, 0.2) is 33.2 Å². The Kier molecular flexibility index (Phi) is 2.19. The summed E-state index contributed by atoms with van der Waals surface area (Å²) in [6, 6.07) is 7.62. The normalized spacial score (nSPS) is 10.5. The van der Waals surface area contributed by atoms with Crippen LogP contribution in [-0.2, 0) is 11.2 Å². The van der Waals surface area contributed by atoms with Gasteiger partial charge in [-0.05, 0) is 18.2 Å². The van der Waals surface area contributed by atoms with Crippen LogP contribution < -0.4 is 0 Å². The lowest BCUT2D eigenvalue weighted by Crippen LogP contribution is -1.78. The number of carbonyl (C=O) groups excluding carboxylic acids is 1. The number of hydrogen-bond donors (Lipinski definition) is 0. The van der Waals surface area contributed by atoms with Gasteiger partial charge >= 0.3 is 0 Å². The third-order valence-corrected chi connectivity index (χ3v) is 2.54. The van der Waals surface area contributed by atoms with Gasteiger partial charge in [-0.15, -0.1) is 0 Å². The molecule has 0 fully saturated rings.